The number of hydrogen-bond donors (Lipinski definition) is 0. The number of nitrogens with zero attached hydrogens (tertiary/aromatic N) is 1. The van der Waals surface area contributed by atoms with Crippen LogP contribution in [0.25, 0.3) is 6.08 Å². The predicted molar refractivity (Wildman–Crippen MR) is 97.6 cm³/mol. The highest BCUT2D eigenvalue weighted by molar-refractivity contribution is 6.16. The second kappa shape index (κ2) is 7.26. The molecule has 132 valence electrons. The normalized spacial score (nSPS) is 20.5. The van der Waals surface area contributed by atoms with E-state index in [1.54, 1.807) is 6.08 Å². The summed E-state index contributed by atoms with van der Waals surface area (Å²) in [7, 11) is 1.36. The van der Waals surface area contributed by atoms with Gasteiger partial charge in [0.15, 0.2) is 0 Å². The van der Waals surface area contributed by atoms with Gasteiger partial charge in [0, 0.05) is 11.7 Å². The number of rotatable bonds is 3. The molecule has 1 aliphatic heterocycles. The van der Waals surface area contributed by atoms with E-state index in [0.717, 1.165) is 42.5 Å². The lowest BCUT2D eigenvalue weighted by atomic mass is 9.94. The van der Waals surface area contributed by atoms with Gasteiger partial charge >= 0.3 is 5.97 Å². The van der Waals surface area contributed by atoms with Crippen molar-refractivity contribution in [3.63, 3.8) is 0 Å². The monoisotopic (exact) mass is 339 g/mol. The molecule has 1 heterocycles. The van der Waals surface area contributed by atoms with Gasteiger partial charge in [-0.15, -0.1) is 0 Å². The summed E-state index contributed by atoms with van der Waals surface area (Å²) in [4.78, 5) is 27.3. The van der Waals surface area contributed by atoms with Crippen molar-refractivity contribution in [2.24, 2.45) is 0 Å². The number of aryl methyl sites for hydroxylation is 1. The van der Waals surface area contributed by atoms with Crippen molar-refractivity contribution in [1.82, 2.24) is 4.90 Å². The molecule has 0 unspecified atom stereocenters. The average molecular weight is 339 g/mol. The van der Waals surface area contributed by atoms with Crippen molar-refractivity contribution in [3.8, 4) is 0 Å². The Labute approximate surface area is 149 Å². The molecule has 1 fully saturated rings. The zero-order valence-corrected chi connectivity index (χ0v) is 15.2. The number of allylic oxidation sites excluding steroid dienone is 1. The van der Waals surface area contributed by atoms with Crippen LogP contribution in [0.2, 0.25) is 0 Å². The zero-order valence-electron chi connectivity index (χ0n) is 15.2. The minimum atomic E-state index is -0.442. The first-order chi connectivity index (χ1) is 12.0. The Bertz CT molecular complexity index is 737. The molecular formula is C21H25NO3. The second-order valence-corrected chi connectivity index (χ2v) is 6.89. The van der Waals surface area contributed by atoms with Crippen LogP contribution in [0.15, 0.2) is 41.1 Å². The third kappa shape index (κ3) is 3.39. The quantitative estimate of drug-likeness (QED) is 0.618. The molecule has 0 bridgehead atoms. The number of esters is 1. The fraction of sp³-hybridized carbons (Fsp3) is 0.429. The van der Waals surface area contributed by atoms with Gasteiger partial charge in [-0.05, 0) is 38.3 Å². The van der Waals surface area contributed by atoms with Gasteiger partial charge in [-0.25, -0.2) is 4.79 Å². The Morgan fingerprint density at radius 3 is 2.36 bits per heavy atom. The molecule has 1 amide bonds. The molecule has 0 atom stereocenters. The van der Waals surface area contributed by atoms with Crippen LogP contribution in [0.3, 0.4) is 0 Å². The summed E-state index contributed by atoms with van der Waals surface area (Å²) in [5.74, 6) is -0.520. The minimum absolute atomic E-state index is 0.0784. The molecule has 3 rings (SSSR count). The second-order valence-electron chi connectivity index (χ2n) is 6.89. The largest absolute Gasteiger partial charge is 0.465 e. The van der Waals surface area contributed by atoms with Gasteiger partial charge in [0.2, 0.25) is 0 Å². The van der Waals surface area contributed by atoms with Crippen molar-refractivity contribution >= 4 is 18.0 Å². The van der Waals surface area contributed by atoms with Gasteiger partial charge in [-0.1, -0.05) is 49.1 Å². The van der Waals surface area contributed by atoms with E-state index in [4.69, 9.17) is 4.74 Å². The first-order valence-electron chi connectivity index (χ1n) is 8.94. The third-order valence-electron chi connectivity index (χ3n) is 5.16. The number of benzene rings is 1. The summed E-state index contributed by atoms with van der Waals surface area (Å²) in [5.41, 5.74) is 3.64. The van der Waals surface area contributed by atoms with Gasteiger partial charge in [0.1, 0.15) is 0 Å². The number of carbonyl (C=O) groups excluding carboxylic acids is 2. The number of hydrogen-bond acceptors (Lipinski definition) is 3. The fourth-order valence-corrected chi connectivity index (χ4v) is 3.81. The van der Waals surface area contributed by atoms with Crippen LogP contribution in [-0.2, 0) is 14.3 Å². The van der Waals surface area contributed by atoms with Gasteiger partial charge in [-0.2, -0.15) is 0 Å². The van der Waals surface area contributed by atoms with Crippen molar-refractivity contribution in [2.75, 3.05) is 7.11 Å². The van der Waals surface area contributed by atoms with Crippen LogP contribution in [0, 0.1) is 6.92 Å². The first-order valence-corrected chi connectivity index (χ1v) is 8.94. The first kappa shape index (κ1) is 17.5. The lowest BCUT2D eigenvalue weighted by Crippen LogP contribution is -2.37. The van der Waals surface area contributed by atoms with E-state index in [1.807, 2.05) is 43.0 Å². The van der Waals surface area contributed by atoms with Crippen molar-refractivity contribution in [3.05, 3.63) is 52.2 Å². The summed E-state index contributed by atoms with van der Waals surface area (Å²) in [6.45, 7) is 3.88. The van der Waals surface area contributed by atoms with E-state index in [-0.39, 0.29) is 11.9 Å². The van der Waals surface area contributed by atoms with E-state index in [1.165, 1.54) is 13.5 Å². The molecule has 2 aliphatic rings. The maximum atomic E-state index is 13.1. The standard InChI is InChI=1S/C21H25NO3/c1-14-9-11-16(12-10-14)13-18-19(21(24)25-3)15(2)22(20(18)23)17-7-5-4-6-8-17/h9-13,17H,4-8H2,1-3H3/b18-13-. The highest BCUT2D eigenvalue weighted by atomic mass is 16.5. The lowest BCUT2D eigenvalue weighted by Gasteiger charge is -2.32. The van der Waals surface area contributed by atoms with Crippen LogP contribution in [0.1, 0.15) is 50.2 Å². The van der Waals surface area contributed by atoms with Gasteiger partial charge < -0.3 is 9.64 Å². The van der Waals surface area contributed by atoms with Crippen LogP contribution in [0.5, 0.6) is 0 Å². The van der Waals surface area contributed by atoms with Crippen LogP contribution in [0.4, 0.5) is 0 Å². The van der Waals surface area contributed by atoms with Gasteiger partial charge in [0.05, 0.1) is 18.3 Å². The molecule has 4 heteroatoms. The molecule has 1 aromatic carbocycles. The molecule has 25 heavy (non-hydrogen) atoms. The molecule has 1 aliphatic carbocycles. The molecule has 0 aromatic heterocycles. The SMILES string of the molecule is COC(=O)C1=C(C)N(C2CCCCC2)C(=O)/C1=C\c1ccc(C)cc1. The topological polar surface area (TPSA) is 46.6 Å². The van der Waals surface area contributed by atoms with Crippen molar-refractivity contribution in [1.29, 1.82) is 0 Å². The summed E-state index contributed by atoms with van der Waals surface area (Å²) in [5, 5.41) is 0. The Morgan fingerprint density at radius 1 is 1.12 bits per heavy atom. The molecule has 0 N–H and O–H groups in total. The molecule has 0 spiro atoms. The van der Waals surface area contributed by atoms with Gasteiger partial charge in [-0.3, -0.25) is 4.79 Å². The lowest BCUT2D eigenvalue weighted by molar-refractivity contribution is -0.136. The van der Waals surface area contributed by atoms with Crippen molar-refractivity contribution < 1.29 is 14.3 Å². The predicted octanol–water partition coefficient (Wildman–Crippen LogP) is 4.00. The van der Waals surface area contributed by atoms with E-state index >= 15 is 0 Å². The molecular weight excluding hydrogens is 314 g/mol. The molecule has 1 saturated carbocycles. The maximum Gasteiger partial charge on any atom is 0.340 e. The fourth-order valence-electron chi connectivity index (χ4n) is 3.81. The average Bonchev–Trinajstić information content (AvgIpc) is 2.87. The van der Waals surface area contributed by atoms with E-state index in [0.29, 0.717) is 11.1 Å². The van der Waals surface area contributed by atoms with E-state index in [9.17, 15) is 9.59 Å². The Hall–Kier alpha value is -2.36. The van der Waals surface area contributed by atoms with Crippen molar-refractivity contribution in [2.45, 2.75) is 52.0 Å². The number of methoxy groups -OCH3 is 1. The van der Waals surface area contributed by atoms with Gasteiger partial charge in [0.25, 0.3) is 5.91 Å². The van der Waals surface area contributed by atoms with E-state index < -0.39 is 5.97 Å². The van der Waals surface area contributed by atoms with E-state index in [2.05, 4.69) is 0 Å². The summed E-state index contributed by atoms with van der Waals surface area (Å²) in [6, 6.07) is 8.11. The minimum Gasteiger partial charge on any atom is -0.465 e. The highest BCUT2D eigenvalue weighted by Crippen LogP contribution is 2.36. The smallest absolute Gasteiger partial charge is 0.340 e. The molecule has 0 radical (unpaired) electrons. The maximum absolute atomic E-state index is 13.1. The molecule has 0 saturated heterocycles. The summed E-state index contributed by atoms with van der Waals surface area (Å²) < 4.78 is 4.96. The van der Waals surface area contributed by atoms with Crippen LogP contribution < -0.4 is 0 Å². The molecule has 1 aromatic rings. The number of amides is 1. The Balaban J connectivity index is 2.02. The third-order valence-corrected chi connectivity index (χ3v) is 5.16. The zero-order chi connectivity index (χ0) is 18.0. The summed E-state index contributed by atoms with van der Waals surface area (Å²) >= 11 is 0. The van der Waals surface area contributed by atoms with Crippen LogP contribution >= 0.6 is 0 Å². The number of ether oxygens (including phenoxy) is 1. The molecule has 4 nitrogen and oxygen atoms in total. The summed E-state index contributed by atoms with van der Waals surface area (Å²) in [6.07, 6.45) is 7.28. The number of carbonyl (C=O) groups is 2. The van der Waals surface area contributed by atoms with Crippen LogP contribution in [-0.4, -0.2) is 29.9 Å². The Morgan fingerprint density at radius 2 is 1.76 bits per heavy atom. The Kier molecular flexibility index (Phi) is 5.07. The highest BCUT2D eigenvalue weighted by Gasteiger charge is 2.40.